The second-order valence-electron chi connectivity index (χ2n) is 4.52. The summed E-state index contributed by atoms with van der Waals surface area (Å²) in [6.07, 6.45) is 24.2. The first-order valence-corrected chi connectivity index (χ1v) is 6.86. The fraction of sp³-hybridized carbons (Fsp3) is 0.278. The quantitative estimate of drug-likeness (QED) is 0.625. The maximum Gasteiger partial charge on any atom is 2.00 e. The molecule has 0 unspecified atom stereocenters. The van der Waals surface area contributed by atoms with Gasteiger partial charge in [0.25, 0.3) is 0 Å². The summed E-state index contributed by atoms with van der Waals surface area (Å²) in [7, 11) is 0. The molecule has 0 spiro atoms. The maximum atomic E-state index is 11.8. The minimum atomic E-state index is -0.506. The average Bonchev–Trinajstić information content (AvgIpc) is 3.20. The van der Waals surface area contributed by atoms with Gasteiger partial charge in [0.2, 0.25) is 5.91 Å². The van der Waals surface area contributed by atoms with Gasteiger partial charge in [0, 0.05) is 0 Å². The Bertz CT molecular complexity index is 313. The summed E-state index contributed by atoms with van der Waals surface area (Å²) >= 11 is 0. The number of amides is 1. The molecule has 1 amide bonds. The van der Waals surface area contributed by atoms with Gasteiger partial charge in [-0.3, -0.25) is 4.79 Å². The molecule has 0 aromatic carbocycles. The van der Waals surface area contributed by atoms with E-state index in [0.717, 1.165) is 12.8 Å². The number of terminal acetylenes is 1. The van der Waals surface area contributed by atoms with E-state index in [1.807, 2.05) is 58.8 Å². The summed E-state index contributed by atoms with van der Waals surface area (Å²) < 4.78 is 0. The van der Waals surface area contributed by atoms with Gasteiger partial charge >= 0.3 is 17.1 Å². The van der Waals surface area contributed by atoms with Gasteiger partial charge < -0.3 is 5.32 Å². The molecule has 110 valence electrons. The molecule has 21 heavy (non-hydrogen) atoms. The molecule has 0 bridgehead atoms. The van der Waals surface area contributed by atoms with Gasteiger partial charge in [0.05, 0.1) is 5.92 Å². The first-order valence-electron chi connectivity index (χ1n) is 6.86. The van der Waals surface area contributed by atoms with Crippen molar-refractivity contribution in [1.82, 2.24) is 5.32 Å². The van der Waals surface area contributed by atoms with Crippen molar-refractivity contribution < 1.29 is 21.9 Å². The largest absolute Gasteiger partial charge is 2.00 e. The Labute approximate surface area is 141 Å². The zero-order valence-corrected chi connectivity index (χ0v) is 13.6. The molecule has 3 heteroatoms. The van der Waals surface area contributed by atoms with Crippen LogP contribution in [0.15, 0.2) is 0 Å². The van der Waals surface area contributed by atoms with E-state index in [-0.39, 0.29) is 23.0 Å². The Balaban J connectivity index is 0.000000562. The smallest absolute Gasteiger partial charge is 0.339 e. The molecular formula is C18H21FeNO+2. The van der Waals surface area contributed by atoms with Crippen molar-refractivity contribution in [2.75, 3.05) is 0 Å². The number of hydrogen-bond donors (Lipinski definition) is 1. The summed E-state index contributed by atoms with van der Waals surface area (Å²) in [6.45, 7) is 3.96. The molecule has 0 atom stereocenters. The minimum Gasteiger partial charge on any atom is -0.339 e. The van der Waals surface area contributed by atoms with E-state index >= 15 is 0 Å². The second kappa shape index (κ2) is 11.2. The molecule has 1 N–H and O–H groups in total. The topological polar surface area (TPSA) is 29.1 Å². The van der Waals surface area contributed by atoms with Crippen LogP contribution in [0.25, 0.3) is 0 Å². The molecule has 0 aromatic heterocycles. The van der Waals surface area contributed by atoms with Crippen LogP contribution in [0.5, 0.6) is 0 Å². The molecule has 10 radical (unpaired) electrons. The number of rotatable bonds is 4. The third kappa shape index (κ3) is 6.90. The summed E-state index contributed by atoms with van der Waals surface area (Å²) in [6, 6.07) is 0. The second-order valence-corrected chi connectivity index (χ2v) is 4.52. The van der Waals surface area contributed by atoms with Crippen LogP contribution in [0.2, 0.25) is 0 Å². The molecule has 0 heterocycles. The molecule has 0 saturated heterocycles. The number of carbonyl (C=O) groups excluding carboxylic acids is 1. The van der Waals surface area contributed by atoms with Crippen molar-refractivity contribution in [3.63, 3.8) is 0 Å². The molecular weight excluding hydrogens is 302 g/mol. The molecule has 0 aliphatic heterocycles. The SMILES string of the molecule is C#CC(CC)(CC)NC(=O)[C]1[CH][CH][CH][CH]1.[CH]1[CH][CH][CH][CH]1.[Fe+2]. The van der Waals surface area contributed by atoms with Crippen molar-refractivity contribution in [1.29, 1.82) is 0 Å². The van der Waals surface area contributed by atoms with Crippen LogP contribution in [0.1, 0.15) is 26.7 Å². The van der Waals surface area contributed by atoms with Crippen LogP contribution in [0, 0.1) is 76.0 Å². The van der Waals surface area contributed by atoms with Gasteiger partial charge in [-0.1, -0.05) is 19.8 Å². The molecule has 2 fully saturated rings. The predicted octanol–water partition coefficient (Wildman–Crippen LogP) is 2.72. The van der Waals surface area contributed by atoms with Gasteiger partial charge in [-0.15, -0.1) is 6.42 Å². The van der Waals surface area contributed by atoms with Gasteiger partial charge in [0.1, 0.15) is 5.54 Å². The maximum absolute atomic E-state index is 11.8. The average molecular weight is 323 g/mol. The Morgan fingerprint density at radius 1 is 1.05 bits per heavy atom. The first kappa shape index (κ1) is 20.5. The van der Waals surface area contributed by atoms with E-state index in [9.17, 15) is 4.79 Å². The molecule has 2 aliphatic rings. The normalized spacial score (nSPS) is 18.1. The molecule has 0 aromatic rings. The number of nitrogens with one attached hydrogen (secondary N) is 1. The van der Waals surface area contributed by atoms with E-state index < -0.39 is 5.54 Å². The molecule has 2 aliphatic carbocycles. The van der Waals surface area contributed by atoms with Crippen molar-refractivity contribution >= 4 is 5.91 Å². The monoisotopic (exact) mass is 323 g/mol. The summed E-state index contributed by atoms with van der Waals surface area (Å²) in [4.78, 5) is 11.8. The molecule has 2 saturated carbocycles. The summed E-state index contributed by atoms with van der Waals surface area (Å²) in [5, 5.41) is 2.91. The van der Waals surface area contributed by atoms with Crippen LogP contribution < -0.4 is 5.32 Å². The van der Waals surface area contributed by atoms with Crippen molar-refractivity contribution in [3.8, 4) is 12.3 Å². The Kier molecular flexibility index (Phi) is 10.9. The third-order valence-electron chi connectivity index (χ3n) is 3.32. The van der Waals surface area contributed by atoms with Crippen molar-refractivity contribution in [3.05, 3.63) is 63.7 Å². The van der Waals surface area contributed by atoms with Crippen LogP contribution in [0.3, 0.4) is 0 Å². The molecule has 2 rings (SSSR count). The van der Waals surface area contributed by atoms with Gasteiger partial charge in [-0.2, -0.15) is 0 Å². The van der Waals surface area contributed by atoms with Gasteiger partial charge in [0.15, 0.2) is 0 Å². The van der Waals surface area contributed by atoms with Crippen LogP contribution in [-0.2, 0) is 21.9 Å². The Morgan fingerprint density at radius 2 is 1.48 bits per heavy atom. The summed E-state index contributed by atoms with van der Waals surface area (Å²) in [5.74, 6) is 3.24. The van der Waals surface area contributed by atoms with Crippen LogP contribution in [0.4, 0.5) is 0 Å². The minimum absolute atomic E-state index is 0. The van der Waals surface area contributed by atoms with E-state index in [1.54, 1.807) is 12.8 Å². The third-order valence-corrected chi connectivity index (χ3v) is 3.32. The predicted molar refractivity (Wildman–Crippen MR) is 82.2 cm³/mol. The zero-order valence-electron chi connectivity index (χ0n) is 12.4. The van der Waals surface area contributed by atoms with E-state index in [0.29, 0.717) is 5.92 Å². The van der Waals surface area contributed by atoms with E-state index in [1.165, 1.54) is 0 Å². The van der Waals surface area contributed by atoms with Crippen molar-refractivity contribution in [2.24, 2.45) is 0 Å². The zero-order chi connectivity index (χ0) is 14.8. The van der Waals surface area contributed by atoms with Crippen LogP contribution in [-0.4, -0.2) is 11.4 Å². The Hall–Kier alpha value is -0.451. The number of carbonyl (C=O) groups is 1. The first-order chi connectivity index (χ1) is 9.67. The van der Waals surface area contributed by atoms with Gasteiger partial charge in [-0.05, 0) is 70.6 Å². The fourth-order valence-corrected chi connectivity index (χ4v) is 1.80. The molecule has 2 nitrogen and oxygen atoms in total. The Morgan fingerprint density at radius 3 is 1.81 bits per heavy atom. The fourth-order valence-electron chi connectivity index (χ4n) is 1.80. The summed E-state index contributed by atoms with van der Waals surface area (Å²) in [5.41, 5.74) is -0.506. The number of hydrogen-bond acceptors (Lipinski definition) is 1. The van der Waals surface area contributed by atoms with Crippen LogP contribution >= 0.6 is 0 Å². The van der Waals surface area contributed by atoms with Gasteiger partial charge in [-0.25, -0.2) is 0 Å². The van der Waals surface area contributed by atoms with Crippen molar-refractivity contribution in [2.45, 2.75) is 32.2 Å². The van der Waals surface area contributed by atoms with E-state index in [2.05, 4.69) is 11.2 Å². The standard InChI is InChI=1S/C13H16NO.C5H5.Fe/c1-4-13(5-2,6-3)14-12(15)11-9-7-8-10-11;1-2-4-5-3-1;/h1,7-10H,5-6H2,2-3H3,(H,14,15);1-5H;/q;;+2. The van der Waals surface area contributed by atoms with E-state index in [4.69, 9.17) is 6.42 Å².